The summed E-state index contributed by atoms with van der Waals surface area (Å²) in [7, 11) is 0. The molecule has 1 amide bonds. The van der Waals surface area contributed by atoms with E-state index in [1.165, 1.54) is 12.1 Å². The molecule has 1 aliphatic rings. The molecule has 1 N–H and O–H groups in total. The highest BCUT2D eigenvalue weighted by atomic mass is 19.1. The van der Waals surface area contributed by atoms with Crippen LogP contribution in [0.15, 0.2) is 24.3 Å². The summed E-state index contributed by atoms with van der Waals surface area (Å²) in [6.07, 6.45) is 1.82. The van der Waals surface area contributed by atoms with Gasteiger partial charge in [0.2, 0.25) is 5.91 Å². The Balaban J connectivity index is 2.12. The standard InChI is InChI=1S/C16H20FNO3/c1-10(16(20)21)9-18(14-6-7-14)15(19)11(2)12-4-3-5-13(17)8-12/h3-5,8,10-11,14H,6-7,9H2,1-2H3,(H,20,21)/t10-,11+/m0/s1. The van der Waals surface area contributed by atoms with Crippen molar-refractivity contribution in [2.75, 3.05) is 6.54 Å². The number of amides is 1. The number of benzene rings is 1. The van der Waals surface area contributed by atoms with Crippen LogP contribution in [0.5, 0.6) is 0 Å². The van der Waals surface area contributed by atoms with E-state index in [0.29, 0.717) is 5.56 Å². The van der Waals surface area contributed by atoms with Crippen LogP contribution in [0.2, 0.25) is 0 Å². The van der Waals surface area contributed by atoms with Gasteiger partial charge in [0, 0.05) is 12.6 Å². The summed E-state index contributed by atoms with van der Waals surface area (Å²) >= 11 is 0. The monoisotopic (exact) mass is 293 g/mol. The summed E-state index contributed by atoms with van der Waals surface area (Å²) in [5.41, 5.74) is 0.619. The van der Waals surface area contributed by atoms with Gasteiger partial charge in [-0.25, -0.2) is 4.39 Å². The fourth-order valence-electron chi connectivity index (χ4n) is 2.35. The van der Waals surface area contributed by atoms with Crippen LogP contribution in [-0.4, -0.2) is 34.5 Å². The summed E-state index contributed by atoms with van der Waals surface area (Å²) in [5.74, 6) is -2.48. The molecule has 0 unspecified atom stereocenters. The van der Waals surface area contributed by atoms with E-state index >= 15 is 0 Å². The van der Waals surface area contributed by atoms with Crippen LogP contribution in [-0.2, 0) is 9.59 Å². The lowest BCUT2D eigenvalue weighted by molar-refractivity contribution is -0.143. The molecular weight excluding hydrogens is 273 g/mol. The van der Waals surface area contributed by atoms with E-state index in [1.807, 2.05) is 0 Å². The second-order valence-electron chi connectivity index (χ2n) is 5.74. The number of halogens is 1. The van der Waals surface area contributed by atoms with E-state index in [9.17, 15) is 14.0 Å². The van der Waals surface area contributed by atoms with Crippen molar-refractivity contribution < 1.29 is 19.1 Å². The number of hydrogen-bond donors (Lipinski definition) is 1. The van der Waals surface area contributed by atoms with E-state index < -0.39 is 17.8 Å². The van der Waals surface area contributed by atoms with Crippen molar-refractivity contribution in [2.45, 2.75) is 38.6 Å². The van der Waals surface area contributed by atoms with Gasteiger partial charge in [0.15, 0.2) is 0 Å². The van der Waals surface area contributed by atoms with Gasteiger partial charge >= 0.3 is 5.97 Å². The van der Waals surface area contributed by atoms with Crippen LogP contribution in [0.25, 0.3) is 0 Å². The van der Waals surface area contributed by atoms with Gasteiger partial charge in [0.05, 0.1) is 11.8 Å². The average molecular weight is 293 g/mol. The maximum Gasteiger partial charge on any atom is 0.308 e. The van der Waals surface area contributed by atoms with Crippen molar-refractivity contribution in [1.29, 1.82) is 0 Å². The summed E-state index contributed by atoms with van der Waals surface area (Å²) in [5, 5.41) is 9.02. The number of aliphatic carboxylic acids is 1. The molecule has 0 saturated heterocycles. The Kier molecular flexibility index (Phi) is 4.60. The van der Waals surface area contributed by atoms with Gasteiger partial charge in [-0.3, -0.25) is 9.59 Å². The lowest BCUT2D eigenvalue weighted by Gasteiger charge is -2.27. The fourth-order valence-corrected chi connectivity index (χ4v) is 2.35. The third-order valence-corrected chi connectivity index (χ3v) is 3.88. The molecule has 21 heavy (non-hydrogen) atoms. The first kappa shape index (κ1) is 15.5. The molecule has 0 aliphatic heterocycles. The molecule has 0 radical (unpaired) electrons. The molecule has 0 spiro atoms. The molecule has 0 bridgehead atoms. The first-order valence-corrected chi connectivity index (χ1v) is 7.19. The molecule has 0 heterocycles. The average Bonchev–Trinajstić information content (AvgIpc) is 3.27. The van der Waals surface area contributed by atoms with E-state index in [1.54, 1.807) is 30.9 Å². The van der Waals surface area contributed by atoms with Gasteiger partial charge in [-0.2, -0.15) is 0 Å². The molecule has 0 aromatic heterocycles. The van der Waals surface area contributed by atoms with Crippen LogP contribution in [0.3, 0.4) is 0 Å². The first-order chi connectivity index (χ1) is 9.90. The van der Waals surface area contributed by atoms with Gasteiger partial charge < -0.3 is 10.0 Å². The van der Waals surface area contributed by atoms with Crippen LogP contribution in [0.1, 0.15) is 38.2 Å². The van der Waals surface area contributed by atoms with E-state index in [-0.39, 0.29) is 24.3 Å². The minimum atomic E-state index is -0.910. The Morgan fingerprint density at radius 3 is 2.57 bits per heavy atom. The predicted octanol–water partition coefficient (Wildman–Crippen LogP) is 2.64. The molecule has 2 atom stereocenters. The molecule has 114 valence electrons. The number of rotatable bonds is 6. The largest absolute Gasteiger partial charge is 0.481 e. The zero-order valence-corrected chi connectivity index (χ0v) is 12.3. The molecule has 4 nitrogen and oxygen atoms in total. The Hall–Kier alpha value is -1.91. The van der Waals surface area contributed by atoms with Gasteiger partial charge in [0.25, 0.3) is 0 Å². The minimum Gasteiger partial charge on any atom is -0.481 e. The Labute approximate surface area is 123 Å². The third kappa shape index (κ3) is 3.80. The molecule has 1 aliphatic carbocycles. The molecular formula is C16H20FNO3. The van der Waals surface area contributed by atoms with Crippen LogP contribution < -0.4 is 0 Å². The van der Waals surface area contributed by atoms with Crippen molar-refractivity contribution in [3.05, 3.63) is 35.6 Å². The highest BCUT2D eigenvalue weighted by Gasteiger charge is 2.36. The SMILES string of the molecule is C[C@@H](CN(C(=O)[C@H](C)c1cccc(F)c1)C1CC1)C(=O)O. The highest BCUT2D eigenvalue weighted by molar-refractivity contribution is 5.84. The Morgan fingerprint density at radius 2 is 2.05 bits per heavy atom. The molecule has 2 rings (SSSR count). The zero-order chi connectivity index (χ0) is 15.6. The number of hydrogen-bond acceptors (Lipinski definition) is 2. The molecule has 5 heteroatoms. The van der Waals surface area contributed by atoms with E-state index in [2.05, 4.69) is 0 Å². The number of carboxylic acid groups (broad SMARTS) is 1. The van der Waals surface area contributed by atoms with Crippen molar-refractivity contribution >= 4 is 11.9 Å². The van der Waals surface area contributed by atoms with Crippen molar-refractivity contribution in [2.24, 2.45) is 5.92 Å². The van der Waals surface area contributed by atoms with Crippen molar-refractivity contribution in [1.82, 2.24) is 4.90 Å². The summed E-state index contributed by atoms with van der Waals surface area (Å²) in [6.45, 7) is 3.54. The maximum atomic E-state index is 13.3. The topological polar surface area (TPSA) is 57.6 Å². The second kappa shape index (κ2) is 6.24. The molecule has 1 saturated carbocycles. The van der Waals surface area contributed by atoms with Gasteiger partial charge in [-0.15, -0.1) is 0 Å². The van der Waals surface area contributed by atoms with Crippen molar-refractivity contribution in [3.8, 4) is 0 Å². The first-order valence-electron chi connectivity index (χ1n) is 7.19. The summed E-state index contributed by atoms with van der Waals surface area (Å²) in [6, 6.07) is 6.13. The normalized spacial score (nSPS) is 17.1. The van der Waals surface area contributed by atoms with Gasteiger partial charge in [0.1, 0.15) is 5.82 Å². The van der Waals surface area contributed by atoms with Crippen LogP contribution in [0, 0.1) is 11.7 Å². The number of carbonyl (C=O) groups is 2. The lowest BCUT2D eigenvalue weighted by Crippen LogP contribution is -2.40. The van der Waals surface area contributed by atoms with Crippen LogP contribution >= 0.6 is 0 Å². The second-order valence-corrected chi connectivity index (χ2v) is 5.74. The number of carboxylic acids is 1. The highest BCUT2D eigenvalue weighted by Crippen LogP contribution is 2.31. The lowest BCUT2D eigenvalue weighted by atomic mass is 9.99. The number of carbonyl (C=O) groups excluding carboxylic acids is 1. The fraction of sp³-hybridized carbons (Fsp3) is 0.500. The quantitative estimate of drug-likeness (QED) is 0.877. The Bertz CT molecular complexity index is 542. The zero-order valence-electron chi connectivity index (χ0n) is 12.3. The molecule has 1 aromatic rings. The van der Waals surface area contributed by atoms with Crippen LogP contribution in [0.4, 0.5) is 4.39 Å². The Morgan fingerprint density at radius 1 is 1.38 bits per heavy atom. The third-order valence-electron chi connectivity index (χ3n) is 3.88. The predicted molar refractivity (Wildman–Crippen MR) is 76.3 cm³/mol. The van der Waals surface area contributed by atoms with E-state index in [4.69, 9.17) is 5.11 Å². The van der Waals surface area contributed by atoms with E-state index in [0.717, 1.165) is 12.8 Å². The molecule has 1 aromatic carbocycles. The van der Waals surface area contributed by atoms with Crippen molar-refractivity contribution in [3.63, 3.8) is 0 Å². The maximum absolute atomic E-state index is 13.3. The van der Waals surface area contributed by atoms with Gasteiger partial charge in [-0.05, 0) is 37.5 Å². The van der Waals surface area contributed by atoms with Gasteiger partial charge in [-0.1, -0.05) is 19.1 Å². The summed E-state index contributed by atoms with van der Waals surface area (Å²) in [4.78, 5) is 25.2. The summed E-state index contributed by atoms with van der Waals surface area (Å²) < 4.78 is 13.3. The minimum absolute atomic E-state index is 0.129. The molecule has 1 fully saturated rings. The smallest absolute Gasteiger partial charge is 0.308 e. The number of nitrogens with zero attached hydrogens (tertiary/aromatic N) is 1.